The second kappa shape index (κ2) is 6.31. The Labute approximate surface area is 150 Å². The lowest BCUT2D eigenvalue weighted by molar-refractivity contribution is -0.130. The van der Waals surface area contributed by atoms with E-state index in [2.05, 4.69) is 16.7 Å². The van der Waals surface area contributed by atoms with E-state index in [-0.39, 0.29) is 5.91 Å². The van der Waals surface area contributed by atoms with Gasteiger partial charge in [0.15, 0.2) is 0 Å². The summed E-state index contributed by atoms with van der Waals surface area (Å²) in [5.41, 5.74) is 6.43. The van der Waals surface area contributed by atoms with E-state index in [9.17, 15) is 9.59 Å². The summed E-state index contributed by atoms with van der Waals surface area (Å²) >= 11 is 0. The minimum atomic E-state index is -0.533. The van der Waals surface area contributed by atoms with Crippen LogP contribution in [-0.4, -0.2) is 33.5 Å². The fourth-order valence-corrected chi connectivity index (χ4v) is 3.60. The Balaban J connectivity index is 1.76. The van der Waals surface area contributed by atoms with Gasteiger partial charge in [0.1, 0.15) is 0 Å². The van der Waals surface area contributed by atoms with E-state index in [0.717, 1.165) is 16.8 Å². The van der Waals surface area contributed by atoms with Crippen LogP contribution < -0.4 is 5.48 Å². The highest BCUT2D eigenvalue weighted by Gasteiger charge is 2.26. The number of carbonyl (C=O) groups excluding carboxylic acids is 2. The molecule has 0 spiro atoms. The van der Waals surface area contributed by atoms with Crippen molar-refractivity contribution >= 4 is 22.7 Å². The Morgan fingerprint density at radius 1 is 1.15 bits per heavy atom. The molecule has 1 aliphatic rings. The molecule has 4 rings (SSSR count). The lowest BCUT2D eigenvalue weighted by Crippen LogP contribution is -2.33. The van der Waals surface area contributed by atoms with Crippen LogP contribution in [0.5, 0.6) is 0 Å². The predicted molar refractivity (Wildman–Crippen MR) is 96.9 cm³/mol. The first-order chi connectivity index (χ1) is 12.6. The molecule has 0 saturated carbocycles. The highest BCUT2D eigenvalue weighted by molar-refractivity contribution is 5.93. The summed E-state index contributed by atoms with van der Waals surface area (Å²) in [6.07, 6.45) is 0.394. The molecule has 1 aromatic heterocycles. The van der Waals surface area contributed by atoms with Crippen LogP contribution in [0.1, 0.15) is 27.2 Å². The van der Waals surface area contributed by atoms with Gasteiger partial charge in [-0.3, -0.25) is 14.8 Å². The van der Waals surface area contributed by atoms with Gasteiger partial charge in [0.2, 0.25) is 5.91 Å². The number of nitrogens with one attached hydrogen (secondary N) is 1. The number of aromatic nitrogens is 1. The molecule has 2 aromatic carbocycles. The van der Waals surface area contributed by atoms with E-state index in [0.29, 0.717) is 25.1 Å². The molecule has 2 heterocycles. The van der Waals surface area contributed by atoms with Gasteiger partial charge < -0.3 is 9.47 Å². The number of para-hydroxylation sites is 1. The summed E-state index contributed by atoms with van der Waals surface area (Å²) in [7, 11) is 1.84. The van der Waals surface area contributed by atoms with Crippen LogP contribution in [0.4, 0.5) is 0 Å². The summed E-state index contributed by atoms with van der Waals surface area (Å²) in [6, 6.07) is 15.3. The SMILES string of the molecule is CN1Cc2c(n(Cc3ccc(C(=O)NO)cc3)c3ccccc23)CC1=O. The van der Waals surface area contributed by atoms with Crippen molar-refractivity contribution in [1.82, 2.24) is 14.9 Å². The average molecular weight is 349 g/mol. The Kier molecular flexibility index (Phi) is 3.97. The molecular formula is C20H19N3O3. The molecule has 0 unspecified atom stereocenters. The summed E-state index contributed by atoms with van der Waals surface area (Å²) in [6.45, 7) is 1.24. The van der Waals surface area contributed by atoms with Gasteiger partial charge in [-0.15, -0.1) is 0 Å². The predicted octanol–water partition coefficient (Wildman–Crippen LogP) is 2.32. The van der Waals surface area contributed by atoms with Crippen LogP contribution >= 0.6 is 0 Å². The van der Waals surface area contributed by atoms with E-state index in [4.69, 9.17) is 5.21 Å². The van der Waals surface area contributed by atoms with Gasteiger partial charge in [-0.05, 0) is 23.8 Å². The van der Waals surface area contributed by atoms with Crippen molar-refractivity contribution in [2.75, 3.05) is 7.05 Å². The molecule has 0 saturated heterocycles. The molecule has 1 aliphatic heterocycles. The fraction of sp³-hybridized carbons (Fsp3) is 0.200. The van der Waals surface area contributed by atoms with Crippen molar-refractivity contribution < 1.29 is 14.8 Å². The van der Waals surface area contributed by atoms with Crippen LogP contribution in [-0.2, 0) is 24.3 Å². The lowest BCUT2D eigenvalue weighted by Gasteiger charge is -2.24. The third-order valence-corrected chi connectivity index (χ3v) is 4.99. The fourth-order valence-electron chi connectivity index (χ4n) is 3.60. The van der Waals surface area contributed by atoms with Gasteiger partial charge in [-0.2, -0.15) is 0 Å². The summed E-state index contributed by atoms with van der Waals surface area (Å²) in [4.78, 5) is 25.5. The zero-order valence-corrected chi connectivity index (χ0v) is 14.4. The van der Waals surface area contributed by atoms with Crippen molar-refractivity contribution in [1.29, 1.82) is 0 Å². The molecule has 0 aliphatic carbocycles. The number of rotatable bonds is 3. The number of carbonyl (C=O) groups is 2. The maximum Gasteiger partial charge on any atom is 0.274 e. The van der Waals surface area contributed by atoms with Crippen LogP contribution in [0.25, 0.3) is 10.9 Å². The third kappa shape index (κ3) is 2.64. The first-order valence-corrected chi connectivity index (χ1v) is 8.45. The van der Waals surface area contributed by atoms with Crippen molar-refractivity contribution in [3.63, 3.8) is 0 Å². The van der Waals surface area contributed by atoms with Crippen molar-refractivity contribution in [3.05, 3.63) is 70.9 Å². The number of fused-ring (bicyclic) bond motifs is 3. The molecule has 0 radical (unpaired) electrons. The largest absolute Gasteiger partial charge is 0.341 e. The quantitative estimate of drug-likeness (QED) is 0.563. The monoisotopic (exact) mass is 349 g/mol. The number of hydrogen-bond donors (Lipinski definition) is 2. The number of amides is 2. The highest BCUT2D eigenvalue weighted by atomic mass is 16.5. The molecule has 6 heteroatoms. The molecule has 2 N–H and O–H groups in total. The topological polar surface area (TPSA) is 74.6 Å². The number of nitrogens with zero attached hydrogens (tertiary/aromatic N) is 2. The normalized spacial score (nSPS) is 13.8. The Hall–Kier alpha value is -3.12. The number of hydroxylamine groups is 1. The molecule has 6 nitrogen and oxygen atoms in total. The van der Waals surface area contributed by atoms with Gasteiger partial charge >= 0.3 is 0 Å². The first-order valence-electron chi connectivity index (χ1n) is 8.45. The summed E-state index contributed by atoms with van der Waals surface area (Å²) in [5.74, 6) is -0.412. The van der Waals surface area contributed by atoms with Crippen molar-refractivity contribution in [3.8, 4) is 0 Å². The molecule has 2 amide bonds. The molecule has 0 atom stereocenters. The molecule has 0 fully saturated rings. The van der Waals surface area contributed by atoms with Gasteiger partial charge in [0.05, 0.1) is 6.42 Å². The van der Waals surface area contributed by atoms with Crippen LogP contribution in [0.3, 0.4) is 0 Å². The number of hydrogen-bond acceptors (Lipinski definition) is 3. The average Bonchev–Trinajstić information content (AvgIpc) is 2.95. The Morgan fingerprint density at radius 3 is 2.62 bits per heavy atom. The minimum Gasteiger partial charge on any atom is -0.341 e. The van der Waals surface area contributed by atoms with Crippen LogP contribution in [0, 0.1) is 0 Å². The molecule has 3 aromatic rings. The standard InChI is InChI=1S/C20H19N3O3/c1-22-12-16-15-4-2-3-5-17(15)23(18(16)10-19(22)24)11-13-6-8-14(9-7-13)20(25)21-26/h2-9,26H,10-12H2,1H3,(H,21,25). The highest BCUT2D eigenvalue weighted by Crippen LogP contribution is 2.31. The third-order valence-electron chi connectivity index (χ3n) is 4.99. The number of benzene rings is 2. The lowest BCUT2D eigenvalue weighted by atomic mass is 10.0. The van der Waals surface area contributed by atoms with Crippen LogP contribution in [0.15, 0.2) is 48.5 Å². The Morgan fingerprint density at radius 2 is 1.88 bits per heavy atom. The molecule has 0 bridgehead atoms. The summed E-state index contributed by atoms with van der Waals surface area (Å²) < 4.78 is 2.19. The van der Waals surface area contributed by atoms with Gasteiger partial charge in [-0.1, -0.05) is 30.3 Å². The van der Waals surface area contributed by atoms with Crippen molar-refractivity contribution in [2.45, 2.75) is 19.5 Å². The Bertz CT molecular complexity index is 1010. The maximum atomic E-state index is 12.2. The van der Waals surface area contributed by atoms with Gasteiger partial charge in [0.25, 0.3) is 5.91 Å². The van der Waals surface area contributed by atoms with E-state index in [1.54, 1.807) is 22.5 Å². The maximum absolute atomic E-state index is 12.2. The molecule has 26 heavy (non-hydrogen) atoms. The second-order valence-electron chi connectivity index (χ2n) is 6.59. The zero-order valence-electron chi connectivity index (χ0n) is 14.4. The van der Waals surface area contributed by atoms with Gasteiger partial charge in [0, 0.05) is 47.9 Å². The van der Waals surface area contributed by atoms with E-state index >= 15 is 0 Å². The van der Waals surface area contributed by atoms with E-state index in [1.807, 2.05) is 31.3 Å². The molecule has 132 valence electrons. The minimum absolute atomic E-state index is 0.122. The van der Waals surface area contributed by atoms with Crippen LogP contribution in [0.2, 0.25) is 0 Å². The first kappa shape index (κ1) is 16.4. The van der Waals surface area contributed by atoms with E-state index < -0.39 is 5.91 Å². The molecular weight excluding hydrogens is 330 g/mol. The zero-order chi connectivity index (χ0) is 18.3. The van der Waals surface area contributed by atoms with Gasteiger partial charge in [-0.25, -0.2) is 5.48 Å². The smallest absolute Gasteiger partial charge is 0.274 e. The second-order valence-corrected chi connectivity index (χ2v) is 6.59. The van der Waals surface area contributed by atoms with Crippen molar-refractivity contribution in [2.24, 2.45) is 0 Å². The number of likely N-dealkylation sites (N-methyl/N-ethyl adjacent to an activating group) is 1. The summed E-state index contributed by atoms with van der Waals surface area (Å²) in [5, 5.41) is 9.90. The van der Waals surface area contributed by atoms with E-state index in [1.165, 1.54) is 10.9 Å².